The highest BCUT2D eigenvalue weighted by molar-refractivity contribution is 4.74. The molecule has 74 valence electrons. The van der Waals surface area contributed by atoms with Crippen LogP contribution in [0.15, 0.2) is 18.7 Å². The van der Waals surface area contributed by atoms with Crippen molar-refractivity contribution in [1.29, 1.82) is 0 Å². The van der Waals surface area contributed by atoms with Crippen LogP contribution in [0.3, 0.4) is 0 Å². The molecule has 0 fully saturated rings. The highest BCUT2D eigenvalue weighted by Crippen LogP contribution is 1.83. The molecule has 1 heterocycles. The molecule has 0 bridgehead atoms. The first-order valence-electron chi connectivity index (χ1n) is 4.60. The Morgan fingerprint density at radius 2 is 2.23 bits per heavy atom. The van der Waals surface area contributed by atoms with Crippen molar-refractivity contribution in [3.8, 4) is 0 Å². The zero-order valence-corrected chi connectivity index (χ0v) is 8.40. The lowest BCUT2D eigenvalue weighted by Crippen LogP contribution is -2.28. The lowest BCUT2D eigenvalue weighted by molar-refractivity contribution is 0.398. The van der Waals surface area contributed by atoms with Crippen LogP contribution >= 0.6 is 0 Å². The quantitative estimate of drug-likeness (QED) is 0.630. The van der Waals surface area contributed by atoms with Gasteiger partial charge in [0.25, 0.3) is 0 Å². The fraction of sp³-hybridized carbons (Fsp3) is 0.667. The van der Waals surface area contributed by atoms with Crippen LogP contribution in [-0.2, 0) is 6.54 Å². The summed E-state index contributed by atoms with van der Waals surface area (Å²) in [6.07, 6.45) is 5.63. The van der Waals surface area contributed by atoms with Crippen LogP contribution in [0, 0.1) is 0 Å². The molecule has 0 aromatic carbocycles. The van der Waals surface area contributed by atoms with Gasteiger partial charge in [0.2, 0.25) is 0 Å². The summed E-state index contributed by atoms with van der Waals surface area (Å²) in [5.41, 5.74) is 0. The third-order valence-electron chi connectivity index (χ3n) is 1.84. The Hall–Kier alpha value is -0.870. The summed E-state index contributed by atoms with van der Waals surface area (Å²) in [5, 5.41) is 3.36. The van der Waals surface area contributed by atoms with Crippen LogP contribution in [0.1, 0.15) is 0 Å². The van der Waals surface area contributed by atoms with Gasteiger partial charge in [-0.2, -0.15) is 0 Å². The molecule has 0 atom stereocenters. The second kappa shape index (κ2) is 5.72. The van der Waals surface area contributed by atoms with Gasteiger partial charge in [-0.1, -0.05) is 0 Å². The molecule has 0 aliphatic rings. The van der Waals surface area contributed by atoms with Crippen LogP contribution in [0.25, 0.3) is 0 Å². The van der Waals surface area contributed by atoms with Crippen molar-refractivity contribution in [1.82, 2.24) is 19.8 Å². The standard InChI is InChI=1S/C9H18N4/c1-12(2)6-3-10-4-7-13-8-5-11-9-13/h5,8-10H,3-4,6-7H2,1-2H3. The molecule has 0 aliphatic carbocycles. The lowest BCUT2D eigenvalue weighted by Gasteiger charge is -2.10. The number of hydrogen-bond donors (Lipinski definition) is 1. The van der Waals surface area contributed by atoms with E-state index in [1.54, 1.807) is 6.20 Å². The van der Waals surface area contributed by atoms with E-state index >= 15 is 0 Å². The Balaban J connectivity index is 1.96. The Labute approximate surface area is 79.6 Å². The molecule has 4 nitrogen and oxygen atoms in total. The molecule has 0 aliphatic heterocycles. The van der Waals surface area contributed by atoms with Crippen molar-refractivity contribution in [3.63, 3.8) is 0 Å². The summed E-state index contributed by atoms with van der Waals surface area (Å²) in [6, 6.07) is 0. The number of hydrogen-bond acceptors (Lipinski definition) is 3. The van der Waals surface area contributed by atoms with Crippen molar-refractivity contribution < 1.29 is 0 Å². The van der Waals surface area contributed by atoms with Gasteiger partial charge in [0.1, 0.15) is 0 Å². The maximum Gasteiger partial charge on any atom is 0.0946 e. The summed E-state index contributed by atoms with van der Waals surface area (Å²) >= 11 is 0. The Morgan fingerprint density at radius 1 is 1.38 bits per heavy atom. The summed E-state index contributed by atoms with van der Waals surface area (Å²) in [5.74, 6) is 0. The van der Waals surface area contributed by atoms with E-state index < -0.39 is 0 Å². The van der Waals surface area contributed by atoms with Crippen LogP contribution < -0.4 is 5.32 Å². The van der Waals surface area contributed by atoms with Gasteiger partial charge in [-0.05, 0) is 14.1 Å². The minimum Gasteiger partial charge on any atom is -0.336 e. The summed E-state index contributed by atoms with van der Waals surface area (Å²) in [4.78, 5) is 6.15. The molecule has 1 aromatic heterocycles. The first-order chi connectivity index (χ1) is 6.29. The minimum atomic E-state index is 0.993. The predicted octanol–water partition coefficient (Wildman–Crippen LogP) is 0.0343. The fourth-order valence-corrected chi connectivity index (χ4v) is 1.05. The number of nitrogens with one attached hydrogen (secondary N) is 1. The third-order valence-corrected chi connectivity index (χ3v) is 1.84. The summed E-state index contributed by atoms with van der Waals surface area (Å²) in [6.45, 7) is 4.13. The predicted molar refractivity (Wildman–Crippen MR) is 53.7 cm³/mol. The molecule has 0 amide bonds. The van der Waals surface area contributed by atoms with Gasteiger partial charge in [-0.3, -0.25) is 0 Å². The fourth-order valence-electron chi connectivity index (χ4n) is 1.05. The highest BCUT2D eigenvalue weighted by atomic mass is 15.1. The number of aromatic nitrogens is 2. The maximum absolute atomic E-state index is 3.98. The van der Waals surface area contributed by atoms with Crippen molar-refractivity contribution >= 4 is 0 Å². The Bertz CT molecular complexity index is 205. The van der Waals surface area contributed by atoms with Crippen LogP contribution in [-0.4, -0.2) is 48.2 Å². The molecule has 0 unspecified atom stereocenters. The lowest BCUT2D eigenvalue weighted by atomic mass is 10.5. The summed E-state index contributed by atoms with van der Waals surface area (Å²) in [7, 11) is 4.16. The van der Waals surface area contributed by atoms with Crippen LogP contribution in [0.5, 0.6) is 0 Å². The Kier molecular flexibility index (Phi) is 4.49. The zero-order valence-electron chi connectivity index (χ0n) is 8.40. The van der Waals surface area contributed by atoms with Gasteiger partial charge in [-0.25, -0.2) is 4.98 Å². The smallest absolute Gasteiger partial charge is 0.0946 e. The van der Waals surface area contributed by atoms with Gasteiger partial charge in [0.15, 0.2) is 0 Å². The molecule has 1 aromatic rings. The van der Waals surface area contributed by atoms with Gasteiger partial charge in [0.05, 0.1) is 6.33 Å². The van der Waals surface area contributed by atoms with Crippen LogP contribution in [0.4, 0.5) is 0 Å². The van der Waals surface area contributed by atoms with E-state index in [-0.39, 0.29) is 0 Å². The first-order valence-corrected chi connectivity index (χ1v) is 4.60. The van der Waals surface area contributed by atoms with Gasteiger partial charge in [-0.15, -0.1) is 0 Å². The van der Waals surface area contributed by atoms with E-state index in [4.69, 9.17) is 0 Å². The molecule has 1 N–H and O–H groups in total. The molecule has 0 saturated carbocycles. The number of nitrogens with zero attached hydrogens (tertiary/aromatic N) is 3. The minimum absolute atomic E-state index is 0.993. The van der Waals surface area contributed by atoms with Crippen molar-refractivity contribution in [2.75, 3.05) is 33.7 Å². The molecule has 4 heteroatoms. The number of imidazole rings is 1. The van der Waals surface area contributed by atoms with Crippen LogP contribution in [0.2, 0.25) is 0 Å². The molecular weight excluding hydrogens is 164 g/mol. The molecule has 0 spiro atoms. The normalized spacial score (nSPS) is 11.0. The first kappa shape index (κ1) is 10.2. The van der Waals surface area contributed by atoms with E-state index in [2.05, 4.69) is 33.9 Å². The van der Waals surface area contributed by atoms with E-state index in [1.807, 2.05) is 12.5 Å². The van der Waals surface area contributed by atoms with Crippen molar-refractivity contribution in [3.05, 3.63) is 18.7 Å². The monoisotopic (exact) mass is 182 g/mol. The molecule has 1 rings (SSSR count). The zero-order chi connectivity index (χ0) is 9.52. The average molecular weight is 182 g/mol. The van der Waals surface area contributed by atoms with E-state index in [1.165, 1.54) is 0 Å². The Morgan fingerprint density at radius 3 is 2.85 bits per heavy atom. The molecule has 13 heavy (non-hydrogen) atoms. The second-order valence-corrected chi connectivity index (χ2v) is 3.35. The number of likely N-dealkylation sites (N-methyl/N-ethyl adjacent to an activating group) is 1. The molecule has 0 radical (unpaired) electrons. The van der Waals surface area contributed by atoms with E-state index in [0.717, 1.165) is 26.2 Å². The van der Waals surface area contributed by atoms with Gasteiger partial charge >= 0.3 is 0 Å². The van der Waals surface area contributed by atoms with Gasteiger partial charge < -0.3 is 14.8 Å². The topological polar surface area (TPSA) is 33.1 Å². The largest absolute Gasteiger partial charge is 0.336 e. The van der Waals surface area contributed by atoms with Crippen molar-refractivity contribution in [2.45, 2.75) is 6.54 Å². The van der Waals surface area contributed by atoms with Gasteiger partial charge in [0, 0.05) is 38.6 Å². The third kappa shape index (κ3) is 4.65. The van der Waals surface area contributed by atoms with E-state index in [0.29, 0.717) is 0 Å². The number of rotatable bonds is 6. The highest BCUT2D eigenvalue weighted by Gasteiger charge is 1.91. The average Bonchev–Trinajstić information content (AvgIpc) is 2.55. The summed E-state index contributed by atoms with van der Waals surface area (Å²) < 4.78 is 2.07. The van der Waals surface area contributed by atoms with Crippen molar-refractivity contribution in [2.24, 2.45) is 0 Å². The second-order valence-electron chi connectivity index (χ2n) is 3.35. The molecular formula is C9H18N4. The van der Waals surface area contributed by atoms with E-state index in [9.17, 15) is 0 Å². The maximum atomic E-state index is 3.98. The SMILES string of the molecule is CN(C)CCNCCn1ccnc1. The molecule has 0 saturated heterocycles.